The van der Waals surface area contributed by atoms with E-state index in [0.717, 1.165) is 24.4 Å². The fourth-order valence-electron chi connectivity index (χ4n) is 3.99. The monoisotopic (exact) mass is 404 g/mol. The quantitative estimate of drug-likeness (QED) is 0.624. The second-order valence-corrected chi connectivity index (χ2v) is 7.65. The smallest absolute Gasteiger partial charge is 0.251 e. The average Bonchev–Trinajstić information content (AvgIpc) is 3.49. The number of aromatic nitrogens is 2. The molecule has 0 spiro atoms. The molecule has 1 unspecified atom stereocenters. The molecule has 30 heavy (non-hydrogen) atoms. The number of likely N-dealkylation sites (tertiary alicyclic amines) is 1. The van der Waals surface area contributed by atoms with E-state index in [4.69, 9.17) is 4.74 Å². The Morgan fingerprint density at radius 3 is 2.63 bits per heavy atom. The Morgan fingerprint density at radius 1 is 1.13 bits per heavy atom. The molecule has 2 heterocycles. The first-order valence-corrected chi connectivity index (χ1v) is 10.5. The lowest BCUT2D eigenvalue weighted by atomic mass is 10.0. The van der Waals surface area contributed by atoms with Crippen LogP contribution in [-0.4, -0.2) is 47.3 Å². The molecule has 0 bridgehead atoms. The van der Waals surface area contributed by atoms with Gasteiger partial charge in [0, 0.05) is 24.5 Å². The van der Waals surface area contributed by atoms with Crippen molar-refractivity contribution in [1.29, 1.82) is 0 Å². The molecule has 1 aliphatic heterocycles. The number of methoxy groups -OCH3 is 1. The molecule has 1 aliphatic rings. The topological polar surface area (TPSA) is 59.4 Å². The highest BCUT2D eigenvalue weighted by Crippen LogP contribution is 2.27. The van der Waals surface area contributed by atoms with Crippen LogP contribution in [0, 0.1) is 0 Å². The van der Waals surface area contributed by atoms with Crippen LogP contribution in [0.1, 0.15) is 40.4 Å². The maximum Gasteiger partial charge on any atom is 0.251 e. The number of hydrogen-bond donors (Lipinski definition) is 1. The third-order valence-electron chi connectivity index (χ3n) is 5.64. The zero-order valence-electron chi connectivity index (χ0n) is 17.3. The minimum atomic E-state index is -0.0484. The molecule has 2 aromatic carbocycles. The number of amides is 1. The molecule has 0 saturated carbocycles. The van der Waals surface area contributed by atoms with E-state index >= 15 is 0 Å². The molecule has 1 aromatic heterocycles. The van der Waals surface area contributed by atoms with Gasteiger partial charge in [-0.1, -0.05) is 24.3 Å². The second kappa shape index (κ2) is 9.59. The van der Waals surface area contributed by atoms with Gasteiger partial charge in [-0.15, -0.1) is 0 Å². The lowest BCUT2D eigenvalue weighted by molar-refractivity contribution is 0.0938. The second-order valence-electron chi connectivity index (χ2n) is 7.65. The maximum atomic E-state index is 12.8. The molecule has 1 fully saturated rings. The van der Waals surface area contributed by atoms with Crippen molar-refractivity contribution in [3.63, 3.8) is 0 Å². The van der Waals surface area contributed by atoms with Crippen molar-refractivity contribution in [3.05, 3.63) is 83.7 Å². The third kappa shape index (κ3) is 4.89. The Kier molecular flexibility index (Phi) is 6.44. The van der Waals surface area contributed by atoms with Crippen LogP contribution in [-0.2, 0) is 6.54 Å². The molecule has 1 N–H and O–H groups in total. The van der Waals surface area contributed by atoms with Gasteiger partial charge in [0.1, 0.15) is 5.75 Å². The summed E-state index contributed by atoms with van der Waals surface area (Å²) in [5.74, 6) is 0.795. The van der Waals surface area contributed by atoms with E-state index in [2.05, 4.69) is 27.4 Å². The lowest BCUT2D eigenvalue weighted by Gasteiger charge is -2.28. The first kappa shape index (κ1) is 20.2. The van der Waals surface area contributed by atoms with E-state index in [1.54, 1.807) is 13.3 Å². The molecule has 3 aromatic rings. The summed E-state index contributed by atoms with van der Waals surface area (Å²) in [4.78, 5) is 15.2. The Bertz CT molecular complexity index is 948. The van der Waals surface area contributed by atoms with Crippen LogP contribution in [0.5, 0.6) is 5.75 Å². The summed E-state index contributed by atoms with van der Waals surface area (Å²) >= 11 is 0. The molecule has 6 nitrogen and oxygen atoms in total. The van der Waals surface area contributed by atoms with Crippen molar-refractivity contribution < 1.29 is 9.53 Å². The minimum Gasteiger partial charge on any atom is -0.497 e. The van der Waals surface area contributed by atoms with Crippen LogP contribution < -0.4 is 10.1 Å². The van der Waals surface area contributed by atoms with Gasteiger partial charge in [-0.25, -0.2) is 0 Å². The first-order valence-electron chi connectivity index (χ1n) is 10.5. The van der Waals surface area contributed by atoms with Crippen molar-refractivity contribution >= 4 is 5.91 Å². The number of carbonyl (C=O) groups is 1. The van der Waals surface area contributed by atoms with Crippen molar-refractivity contribution in [3.8, 4) is 5.75 Å². The number of ether oxygens (including phenoxy) is 1. The molecule has 156 valence electrons. The SMILES string of the molecule is COc1cccc(C(CNC(=O)c2ccc(Cn3cccn3)cc2)N2CCCC2)c1. The molecular formula is C24H28N4O2. The van der Waals surface area contributed by atoms with Crippen molar-refractivity contribution in [2.45, 2.75) is 25.4 Å². The third-order valence-corrected chi connectivity index (χ3v) is 5.64. The molecule has 1 saturated heterocycles. The molecule has 4 rings (SSSR count). The summed E-state index contributed by atoms with van der Waals surface area (Å²) in [6, 6.07) is 17.9. The first-order chi connectivity index (χ1) is 14.7. The van der Waals surface area contributed by atoms with E-state index in [1.165, 1.54) is 18.4 Å². The van der Waals surface area contributed by atoms with E-state index in [1.807, 2.05) is 53.3 Å². The fraction of sp³-hybridized carbons (Fsp3) is 0.333. The summed E-state index contributed by atoms with van der Waals surface area (Å²) in [5, 5.41) is 7.36. The highest BCUT2D eigenvalue weighted by molar-refractivity contribution is 5.94. The van der Waals surface area contributed by atoms with Gasteiger partial charge in [0.25, 0.3) is 5.91 Å². The van der Waals surface area contributed by atoms with Crippen LogP contribution in [0.4, 0.5) is 0 Å². The number of nitrogens with one attached hydrogen (secondary N) is 1. The van der Waals surface area contributed by atoms with Crippen molar-refractivity contribution in [2.75, 3.05) is 26.7 Å². The van der Waals surface area contributed by atoms with Gasteiger partial charge in [-0.05, 0) is 67.4 Å². The Labute approximate surface area is 177 Å². The molecule has 1 atom stereocenters. The Morgan fingerprint density at radius 2 is 1.93 bits per heavy atom. The summed E-state index contributed by atoms with van der Waals surface area (Å²) in [6.45, 7) is 3.38. The maximum absolute atomic E-state index is 12.8. The van der Waals surface area contributed by atoms with E-state index in [-0.39, 0.29) is 11.9 Å². The normalized spacial score (nSPS) is 15.1. The predicted octanol–water partition coefficient (Wildman–Crippen LogP) is 3.51. The minimum absolute atomic E-state index is 0.0484. The van der Waals surface area contributed by atoms with Crippen LogP contribution >= 0.6 is 0 Å². The molecule has 0 radical (unpaired) electrons. The number of carbonyl (C=O) groups excluding carboxylic acids is 1. The van der Waals surface area contributed by atoms with Crippen LogP contribution in [0.15, 0.2) is 67.0 Å². The van der Waals surface area contributed by atoms with Crippen LogP contribution in [0.3, 0.4) is 0 Å². The van der Waals surface area contributed by atoms with Gasteiger partial charge in [0.2, 0.25) is 0 Å². The largest absolute Gasteiger partial charge is 0.497 e. The molecule has 0 aliphatic carbocycles. The summed E-state index contributed by atoms with van der Waals surface area (Å²) < 4.78 is 7.26. The van der Waals surface area contributed by atoms with Gasteiger partial charge in [-0.3, -0.25) is 14.4 Å². The van der Waals surface area contributed by atoms with Gasteiger partial charge >= 0.3 is 0 Å². The van der Waals surface area contributed by atoms with Crippen LogP contribution in [0.25, 0.3) is 0 Å². The average molecular weight is 405 g/mol. The highest BCUT2D eigenvalue weighted by Gasteiger charge is 2.24. The van der Waals surface area contributed by atoms with Crippen molar-refractivity contribution in [1.82, 2.24) is 20.0 Å². The van der Waals surface area contributed by atoms with E-state index < -0.39 is 0 Å². The Hall–Kier alpha value is -3.12. The summed E-state index contributed by atoms with van der Waals surface area (Å²) in [5.41, 5.74) is 2.96. The molecule has 6 heteroatoms. The summed E-state index contributed by atoms with van der Waals surface area (Å²) in [7, 11) is 1.68. The lowest BCUT2D eigenvalue weighted by Crippen LogP contribution is -2.36. The van der Waals surface area contributed by atoms with E-state index in [9.17, 15) is 4.79 Å². The fourth-order valence-corrected chi connectivity index (χ4v) is 3.99. The number of nitrogens with zero attached hydrogens (tertiary/aromatic N) is 3. The zero-order valence-corrected chi connectivity index (χ0v) is 17.3. The Balaban J connectivity index is 1.41. The number of rotatable bonds is 8. The summed E-state index contributed by atoms with van der Waals surface area (Å²) in [6.07, 6.45) is 6.09. The standard InChI is InChI=1S/C24H28N4O2/c1-30-22-7-4-6-21(16-22)23(27-13-2-3-14-27)17-25-24(29)20-10-8-19(9-11-20)18-28-15-5-12-26-28/h4-12,15-16,23H,2-3,13-14,17-18H2,1H3,(H,25,29). The van der Waals surface area contributed by atoms with Crippen LogP contribution in [0.2, 0.25) is 0 Å². The predicted molar refractivity (Wildman–Crippen MR) is 117 cm³/mol. The number of hydrogen-bond acceptors (Lipinski definition) is 4. The highest BCUT2D eigenvalue weighted by atomic mass is 16.5. The van der Waals surface area contributed by atoms with Gasteiger partial charge in [-0.2, -0.15) is 5.10 Å². The van der Waals surface area contributed by atoms with Gasteiger partial charge < -0.3 is 10.1 Å². The van der Waals surface area contributed by atoms with Gasteiger partial charge in [0.15, 0.2) is 0 Å². The number of benzene rings is 2. The molecule has 1 amide bonds. The molecular weight excluding hydrogens is 376 g/mol. The zero-order chi connectivity index (χ0) is 20.8. The van der Waals surface area contributed by atoms with E-state index in [0.29, 0.717) is 18.7 Å². The van der Waals surface area contributed by atoms with Gasteiger partial charge in [0.05, 0.1) is 19.7 Å². The van der Waals surface area contributed by atoms with Crippen molar-refractivity contribution in [2.24, 2.45) is 0 Å².